The molecule has 0 radical (unpaired) electrons. The van der Waals surface area contributed by atoms with E-state index in [-0.39, 0.29) is 28.8 Å². The van der Waals surface area contributed by atoms with Gasteiger partial charge in [0.1, 0.15) is 6.10 Å². The van der Waals surface area contributed by atoms with Crippen molar-refractivity contribution in [2.75, 3.05) is 0 Å². The Morgan fingerprint density at radius 1 is 1.20 bits per heavy atom. The lowest BCUT2D eigenvalue weighted by Gasteiger charge is -2.57. The van der Waals surface area contributed by atoms with Crippen LogP contribution >= 0.6 is 0 Å². The van der Waals surface area contributed by atoms with Gasteiger partial charge in [-0.25, -0.2) is 0 Å². The smallest absolute Gasteiger partial charge is 0.302 e. The third kappa shape index (κ3) is 2.47. The molecule has 3 fully saturated rings. The Balaban J connectivity index is 1.59. The molecule has 0 N–H and O–H groups in total. The van der Waals surface area contributed by atoms with Gasteiger partial charge in [-0.2, -0.15) is 5.26 Å². The lowest BCUT2D eigenvalue weighted by molar-refractivity contribution is -0.148. The minimum absolute atomic E-state index is 0.0803. The topological polar surface area (TPSA) is 50.1 Å². The highest BCUT2D eigenvalue weighted by molar-refractivity contribution is 5.66. The highest BCUT2D eigenvalue weighted by atomic mass is 16.5. The summed E-state index contributed by atoms with van der Waals surface area (Å²) in [6, 6.07) is 2.63. The number of carbonyl (C=O) groups is 1. The van der Waals surface area contributed by atoms with E-state index in [1.807, 2.05) is 0 Å². The predicted octanol–water partition coefficient (Wildman–Crippen LogP) is 5.02. The second kappa shape index (κ2) is 5.86. The molecule has 3 heteroatoms. The van der Waals surface area contributed by atoms with E-state index in [4.69, 9.17) is 4.74 Å². The van der Waals surface area contributed by atoms with Gasteiger partial charge in [-0.05, 0) is 73.5 Å². The summed E-state index contributed by atoms with van der Waals surface area (Å²) in [5, 5.41) is 9.60. The molecule has 25 heavy (non-hydrogen) atoms. The highest BCUT2D eigenvalue weighted by Crippen LogP contribution is 2.66. The first-order valence-corrected chi connectivity index (χ1v) is 10.1. The molecule has 0 heterocycles. The van der Waals surface area contributed by atoms with Crippen LogP contribution in [-0.2, 0) is 9.53 Å². The third-order valence-electron chi connectivity index (χ3n) is 8.55. The number of ether oxygens (including phenoxy) is 1. The van der Waals surface area contributed by atoms with E-state index in [0.717, 1.165) is 43.4 Å². The van der Waals surface area contributed by atoms with E-state index in [1.165, 1.54) is 32.6 Å². The van der Waals surface area contributed by atoms with Crippen LogP contribution in [0.1, 0.15) is 72.1 Å². The monoisotopic (exact) mass is 341 g/mol. The van der Waals surface area contributed by atoms with Crippen LogP contribution in [0.4, 0.5) is 0 Å². The molecule has 4 rings (SSSR count). The lowest BCUT2D eigenvalue weighted by atomic mass is 9.47. The number of carbonyl (C=O) groups excluding carboxylic acids is 1. The maximum Gasteiger partial charge on any atom is 0.302 e. The third-order valence-corrected chi connectivity index (χ3v) is 8.55. The van der Waals surface area contributed by atoms with Crippen LogP contribution in [0.5, 0.6) is 0 Å². The average Bonchev–Trinajstić information content (AvgIpc) is 2.91. The summed E-state index contributed by atoms with van der Waals surface area (Å²) < 4.78 is 5.52. The van der Waals surface area contributed by atoms with Gasteiger partial charge in [0.25, 0.3) is 0 Å². The summed E-state index contributed by atoms with van der Waals surface area (Å²) in [6.07, 6.45) is 11.6. The fourth-order valence-electron chi connectivity index (χ4n) is 7.18. The zero-order chi connectivity index (χ0) is 17.8. The predicted molar refractivity (Wildman–Crippen MR) is 96.4 cm³/mol. The average molecular weight is 341 g/mol. The maximum atomic E-state index is 11.3. The lowest BCUT2D eigenvalue weighted by Crippen LogP contribution is -2.50. The molecule has 0 saturated heterocycles. The molecule has 136 valence electrons. The number of nitrogens with zero attached hydrogens (tertiary/aromatic N) is 1. The SMILES string of the molecule is CC(=O)O[C@H]1CC[C@@]2(C)C(=CC[C@H]3[C@@H]4CC[C@@H](C#N)[C@@]4(C)CC[C@@H]32)C1. The summed E-state index contributed by atoms with van der Waals surface area (Å²) in [6.45, 7) is 6.39. The van der Waals surface area contributed by atoms with Gasteiger partial charge in [0.05, 0.1) is 12.0 Å². The summed E-state index contributed by atoms with van der Waals surface area (Å²) in [7, 11) is 0. The molecule has 0 aromatic carbocycles. The largest absolute Gasteiger partial charge is 0.462 e. The summed E-state index contributed by atoms with van der Waals surface area (Å²) in [5.41, 5.74) is 2.07. The van der Waals surface area contributed by atoms with Crippen molar-refractivity contribution in [1.29, 1.82) is 5.26 Å². The van der Waals surface area contributed by atoms with Gasteiger partial charge in [-0.1, -0.05) is 25.5 Å². The van der Waals surface area contributed by atoms with Gasteiger partial charge in [0.2, 0.25) is 0 Å². The van der Waals surface area contributed by atoms with Crippen molar-refractivity contribution in [2.45, 2.75) is 78.2 Å². The highest BCUT2D eigenvalue weighted by Gasteiger charge is 2.58. The molecule has 4 aliphatic carbocycles. The fraction of sp³-hybridized carbons (Fsp3) is 0.818. The Morgan fingerprint density at radius 2 is 2.00 bits per heavy atom. The van der Waals surface area contributed by atoms with Crippen molar-refractivity contribution < 1.29 is 9.53 Å². The van der Waals surface area contributed by atoms with E-state index < -0.39 is 0 Å². The van der Waals surface area contributed by atoms with Gasteiger partial charge in [0, 0.05) is 13.3 Å². The Kier molecular flexibility index (Phi) is 4.02. The first-order chi connectivity index (χ1) is 11.9. The number of hydrogen-bond acceptors (Lipinski definition) is 3. The molecular weight excluding hydrogens is 310 g/mol. The standard InChI is InChI=1S/C22H31NO2/c1-14(24)25-17-8-10-21(2)15(12-17)4-6-18-19-7-5-16(13-23)22(19,3)11-9-20(18)21/h4,16-20H,5-12H2,1-3H3/t16-,17-,18-,19-,20-,21-,22+/m0/s1. The van der Waals surface area contributed by atoms with Gasteiger partial charge in [-0.3, -0.25) is 4.79 Å². The molecule has 4 aliphatic rings. The minimum atomic E-state index is -0.148. The molecule has 0 aliphatic heterocycles. The van der Waals surface area contributed by atoms with E-state index >= 15 is 0 Å². The van der Waals surface area contributed by atoms with Gasteiger partial charge < -0.3 is 4.74 Å². The number of esters is 1. The Morgan fingerprint density at radius 3 is 2.72 bits per heavy atom. The molecule has 0 unspecified atom stereocenters. The molecule has 0 bridgehead atoms. The molecule has 7 atom stereocenters. The second-order valence-corrected chi connectivity index (χ2v) is 9.54. The number of rotatable bonds is 1. The van der Waals surface area contributed by atoms with E-state index in [0.29, 0.717) is 0 Å². The van der Waals surface area contributed by atoms with E-state index in [1.54, 1.807) is 5.57 Å². The van der Waals surface area contributed by atoms with E-state index in [2.05, 4.69) is 26.0 Å². The zero-order valence-electron chi connectivity index (χ0n) is 15.9. The van der Waals surface area contributed by atoms with Crippen LogP contribution in [0.3, 0.4) is 0 Å². The van der Waals surface area contributed by atoms with Crippen molar-refractivity contribution >= 4 is 5.97 Å². The molecule has 0 aromatic heterocycles. The molecule has 0 spiro atoms. The van der Waals surface area contributed by atoms with Gasteiger partial charge >= 0.3 is 5.97 Å². The molecule has 0 amide bonds. The van der Waals surface area contributed by atoms with E-state index in [9.17, 15) is 10.1 Å². The Hall–Kier alpha value is -1.30. The summed E-state index contributed by atoms with van der Waals surface area (Å²) >= 11 is 0. The summed E-state index contributed by atoms with van der Waals surface area (Å²) in [5.74, 6) is 2.33. The van der Waals surface area contributed by atoms with Crippen LogP contribution in [-0.4, -0.2) is 12.1 Å². The molecule has 3 nitrogen and oxygen atoms in total. The fourth-order valence-corrected chi connectivity index (χ4v) is 7.18. The summed E-state index contributed by atoms with van der Waals surface area (Å²) in [4.78, 5) is 11.3. The van der Waals surface area contributed by atoms with Crippen molar-refractivity contribution in [3.63, 3.8) is 0 Å². The number of allylic oxidation sites excluding steroid dienone is 1. The van der Waals surface area contributed by atoms with Crippen molar-refractivity contribution in [1.82, 2.24) is 0 Å². The van der Waals surface area contributed by atoms with Crippen LogP contribution < -0.4 is 0 Å². The van der Waals surface area contributed by atoms with Gasteiger partial charge in [-0.15, -0.1) is 0 Å². The first kappa shape index (κ1) is 17.1. The molecule has 0 aromatic rings. The maximum absolute atomic E-state index is 11.3. The molecule has 3 saturated carbocycles. The quantitative estimate of drug-likeness (QED) is 0.497. The number of hydrogen-bond donors (Lipinski definition) is 0. The second-order valence-electron chi connectivity index (χ2n) is 9.54. The number of nitriles is 1. The minimum Gasteiger partial charge on any atom is -0.462 e. The first-order valence-electron chi connectivity index (χ1n) is 10.1. The van der Waals surface area contributed by atoms with Crippen molar-refractivity contribution in [3.05, 3.63) is 11.6 Å². The zero-order valence-corrected chi connectivity index (χ0v) is 15.9. The van der Waals surface area contributed by atoms with Crippen LogP contribution in [0.2, 0.25) is 0 Å². The van der Waals surface area contributed by atoms with Gasteiger partial charge in [0.15, 0.2) is 0 Å². The van der Waals surface area contributed by atoms with Crippen LogP contribution in [0.15, 0.2) is 11.6 Å². The van der Waals surface area contributed by atoms with Crippen LogP contribution in [0, 0.1) is 45.8 Å². The van der Waals surface area contributed by atoms with Crippen molar-refractivity contribution in [2.24, 2.45) is 34.5 Å². The Bertz CT molecular complexity index is 647. The molecular formula is C22H31NO2. The van der Waals surface area contributed by atoms with Crippen LogP contribution in [0.25, 0.3) is 0 Å². The normalized spacial score (nSPS) is 48.4. The van der Waals surface area contributed by atoms with Crippen molar-refractivity contribution in [3.8, 4) is 6.07 Å². The number of fused-ring (bicyclic) bond motifs is 5. The Labute approximate surface area is 151 Å².